The third-order valence-corrected chi connectivity index (χ3v) is 5.36. The number of nitrogens with one attached hydrogen (secondary N) is 2. The Morgan fingerprint density at radius 2 is 1.96 bits per heavy atom. The van der Waals surface area contributed by atoms with Gasteiger partial charge in [0.05, 0.1) is 11.6 Å². The first-order valence-electron chi connectivity index (χ1n) is 9.25. The van der Waals surface area contributed by atoms with Crippen LogP contribution in [0.1, 0.15) is 60.0 Å². The molecule has 2 N–H and O–H groups in total. The molecule has 1 aliphatic rings. The van der Waals surface area contributed by atoms with Crippen LogP contribution in [0.15, 0.2) is 36.4 Å². The molecule has 5 heteroatoms. The van der Waals surface area contributed by atoms with E-state index in [0.29, 0.717) is 6.04 Å². The molecule has 26 heavy (non-hydrogen) atoms. The maximum absolute atomic E-state index is 12.8. The Labute approximate surface area is 162 Å². The van der Waals surface area contributed by atoms with Crippen molar-refractivity contribution >= 4 is 18.3 Å². The van der Waals surface area contributed by atoms with Crippen LogP contribution in [0.4, 0.5) is 0 Å². The van der Waals surface area contributed by atoms with Gasteiger partial charge in [0.15, 0.2) is 0 Å². The van der Waals surface area contributed by atoms with Gasteiger partial charge < -0.3 is 15.2 Å². The first kappa shape index (κ1) is 20.5. The van der Waals surface area contributed by atoms with Crippen molar-refractivity contribution in [2.45, 2.75) is 58.7 Å². The molecule has 0 bridgehead atoms. The van der Waals surface area contributed by atoms with Gasteiger partial charge in [0.25, 0.3) is 5.91 Å². The van der Waals surface area contributed by atoms with E-state index in [1.165, 1.54) is 5.56 Å². The van der Waals surface area contributed by atoms with Crippen molar-refractivity contribution in [3.8, 4) is 0 Å². The number of carbonyl (C=O) groups is 1. The van der Waals surface area contributed by atoms with E-state index in [1.54, 1.807) is 0 Å². The summed E-state index contributed by atoms with van der Waals surface area (Å²) >= 11 is 0. The monoisotopic (exact) mass is 375 g/mol. The van der Waals surface area contributed by atoms with Gasteiger partial charge in [0.1, 0.15) is 0 Å². The summed E-state index contributed by atoms with van der Waals surface area (Å²) in [5, 5.41) is 6.66. The van der Waals surface area contributed by atoms with Crippen molar-refractivity contribution in [1.82, 2.24) is 15.2 Å². The number of halogens is 1. The Bertz CT molecular complexity index is 741. The average Bonchev–Trinajstić information content (AvgIpc) is 2.90. The number of piperidine rings is 1. The van der Waals surface area contributed by atoms with Gasteiger partial charge in [0.2, 0.25) is 0 Å². The minimum Gasteiger partial charge on any atom is -0.349 e. The molecule has 0 spiro atoms. The fraction of sp³-hybridized carbons (Fsp3) is 0.476. The standard InChI is InChI=1S/C21H29N3O.ClH/c1-14-12-19(10-11-22-14)23-21(25)20-13-15(2)24(17(20)4)16(3)18-8-6-5-7-9-18;/h5-9,13-14,16,19,22H,10-12H2,1-4H3,(H,23,25);1H. The fourth-order valence-electron chi connectivity index (χ4n) is 4.01. The SMILES string of the molecule is Cc1cc(C(=O)NC2CCNC(C)C2)c(C)n1C(C)c1ccccc1.Cl. The Balaban J connectivity index is 0.00000243. The molecule has 0 saturated carbocycles. The van der Waals surface area contributed by atoms with Gasteiger partial charge in [-0.1, -0.05) is 30.3 Å². The highest BCUT2D eigenvalue weighted by Crippen LogP contribution is 2.25. The van der Waals surface area contributed by atoms with Gasteiger partial charge in [-0.15, -0.1) is 12.4 Å². The molecule has 3 rings (SSSR count). The van der Waals surface area contributed by atoms with Crippen LogP contribution in [-0.4, -0.2) is 29.1 Å². The predicted molar refractivity (Wildman–Crippen MR) is 109 cm³/mol. The zero-order valence-corrected chi connectivity index (χ0v) is 16.9. The van der Waals surface area contributed by atoms with E-state index in [2.05, 4.69) is 60.2 Å². The Morgan fingerprint density at radius 3 is 2.62 bits per heavy atom. The largest absolute Gasteiger partial charge is 0.349 e. The number of hydrogen-bond acceptors (Lipinski definition) is 2. The number of carbonyl (C=O) groups excluding carboxylic acids is 1. The number of amides is 1. The summed E-state index contributed by atoms with van der Waals surface area (Å²) in [6.07, 6.45) is 1.99. The molecule has 2 aromatic rings. The lowest BCUT2D eigenvalue weighted by Gasteiger charge is -2.28. The summed E-state index contributed by atoms with van der Waals surface area (Å²) in [7, 11) is 0. The molecule has 1 amide bonds. The maximum atomic E-state index is 12.8. The van der Waals surface area contributed by atoms with Crippen LogP contribution in [0.2, 0.25) is 0 Å². The lowest BCUT2D eigenvalue weighted by Crippen LogP contribution is -2.46. The second-order valence-corrected chi connectivity index (χ2v) is 7.29. The summed E-state index contributed by atoms with van der Waals surface area (Å²) in [5.74, 6) is 0.0544. The van der Waals surface area contributed by atoms with Gasteiger partial charge >= 0.3 is 0 Å². The molecule has 1 fully saturated rings. The Kier molecular flexibility index (Phi) is 6.90. The normalized spacial score (nSPS) is 20.9. The van der Waals surface area contributed by atoms with Crippen LogP contribution in [0, 0.1) is 13.8 Å². The molecule has 3 atom stereocenters. The second kappa shape index (κ2) is 8.74. The summed E-state index contributed by atoms with van der Waals surface area (Å²) < 4.78 is 2.26. The summed E-state index contributed by atoms with van der Waals surface area (Å²) in [5.41, 5.74) is 4.21. The number of aryl methyl sites for hydroxylation is 1. The van der Waals surface area contributed by atoms with Crippen LogP contribution < -0.4 is 10.6 Å². The number of nitrogens with zero attached hydrogens (tertiary/aromatic N) is 1. The van der Waals surface area contributed by atoms with Crippen LogP contribution in [0.3, 0.4) is 0 Å². The zero-order chi connectivity index (χ0) is 18.0. The van der Waals surface area contributed by atoms with E-state index in [9.17, 15) is 4.79 Å². The number of hydrogen-bond donors (Lipinski definition) is 2. The highest BCUT2D eigenvalue weighted by Gasteiger charge is 2.24. The smallest absolute Gasteiger partial charge is 0.253 e. The van der Waals surface area contributed by atoms with E-state index in [1.807, 2.05) is 19.1 Å². The molecule has 3 unspecified atom stereocenters. The number of benzene rings is 1. The van der Waals surface area contributed by atoms with Crippen molar-refractivity contribution in [1.29, 1.82) is 0 Å². The van der Waals surface area contributed by atoms with E-state index < -0.39 is 0 Å². The lowest BCUT2D eigenvalue weighted by molar-refractivity contribution is 0.0925. The fourth-order valence-corrected chi connectivity index (χ4v) is 4.01. The lowest BCUT2D eigenvalue weighted by atomic mass is 10.0. The molecule has 1 saturated heterocycles. The predicted octanol–water partition coefficient (Wildman–Crippen LogP) is 4.01. The first-order valence-corrected chi connectivity index (χ1v) is 9.25. The molecule has 1 aromatic carbocycles. The molecule has 4 nitrogen and oxygen atoms in total. The third kappa shape index (κ3) is 4.30. The van der Waals surface area contributed by atoms with Gasteiger partial charge in [0, 0.05) is 23.5 Å². The van der Waals surface area contributed by atoms with E-state index in [-0.39, 0.29) is 30.4 Å². The topological polar surface area (TPSA) is 46.1 Å². The summed E-state index contributed by atoms with van der Waals surface area (Å²) in [6, 6.07) is 13.4. The second-order valence-electron chi connectivity index (χ2n) is 7.29. The molecule has 1 aliphatic heterocycles. The summed E-state index contributed by atoms with van der Waals surface area (Å²) in [4.78, 5) is 12.8. The first-order chi connectivity index (χ1) is 12.0. The highest BCUT2D eigenvalue weighted by atomic mass is 35.5. The van der Waals surface area contributed by atoms with E-state index in [4.69, 9.17) is 0 Å². The van der Waals surface area contributed by atoms with E-state index in [0.717, 1.165) is 36.3 Å². The highest BCUT2D eigenvalue weighted by molar-refractivity contribution is 5.96. The van der Waals surface area contributed by atoms with Crippen molar-refractivity contribution in [2.24, 2.45) is 0 Å². The van der Waals surface area contributed by atoms with Gasteiger partial charge in [-0.2, -0.15) is 0 Å². The minimum atomic E-state index is 0. The number of aromatic nitrogens is 1. The zero-order valence-electron chi connectivity index (χ0n) is 16.1. The Hall–Kier alpha value is -1.78. The summed E-state index contributed by atoms with van der Waals surface area (Å²) in [6.45, 7) is 9.45. The quantitative estimate of drug-likeness (QED) is 0.848. The molecular weight excluding hydrogens is 346 g/mol. The van der Waals surface area contributed by atoms with Crippen LogP contribution in [0.5, 0.6) is 0 Å². The van der Waals surface area contributed by atoms with Crippen molar-refractivity contribution in [2.75, 3.05) is 6.54 Å². The molecule has 142 valence electrons. The maximum Gasteiger partial charge on any atom is 0.253 e. The molecule has 1 aromatic heterocycles. The van der Waals surface area contributed by atoms with Crippen LogP contribution >= 0.6 is 12.4 Å². The third-order valence-electron chi connectivity index (χ3n) is 5.36. The van der Waals surface area contributed by atoms with Crippen molar-refractivity contribution < 1.29 is 4.79 Å². The van der Waals surface area contributed by atoms with Gasteiger partial charge in [-0.3, -0.25) is 4.79 Å². The van der Waals surface area contributed by atoms with Crippen LogP contribution in [-0.2, 0) is 0 Å². The minimum absolute atomic E-state index is 0. The Morgan fingerprint density at radius 1 is 1.27 bits per heavy atom. The van der Waals surface area contributed by atoms with Crippen molar-refractivity contribution in [3.05, 3.63) is 58.9 Å². The van der Waals surface area contributed by atoms with Gasteiger partial charge in [-0.05, 0) is 58.7 Å². The number of rotatable bonds is 4. The van der Waals surface area contributed by atoms with E-state index >= 15 is 0 Å². The molecule has 0 radical (unpaired) electrons. The van der Waals surface area contributed by atoms with Crippen LogP contribution in [0.25, 0.3) is 0 Å². The molecular formula is C21H30ClN3O. The van der Waals surface area contributed by atoms with Gasteiger partial charge in [-0.25, -0.2) is 0 Å². The molecule has 0 aliphatic carbocycles. The molecule has 2 heterocycles. The average molecular weight is 376 g/mol. The van der Waals surface area contributed by atoms with Crippen molar-refractivity contribution in [3.63, 3.8) is 0 Å².